The van der Waals surface area contributed by atoms with Gasteiger partial charge in [-0.1, -0.05) is 0 Å². The first-order valence-electron chi connectivity index (χ1n) is 10.2. The number of nitrogens with one attached hydrogen (secondary N) is 1. The number of hydrogen-bond donors (Lipinski definition) is 1. The van der Waals surface area contributed by atoms with Crippen LogP contribution in [0.25, 0.3) is 0 Å². The normalized spacial score (nSPS) is 13.4. The van der Waals surface area contributed by atoms with Crippen molar-refractivity contribution < 1.29 is 4.79 Å². The maximum atomic E-state index is 12.3. The van der Waals surface area contributed by atoms with Crippen molar-refractivity contribution in [3.63, 3.8) is 0 Å². The second kappa shape index (κ2) is 12.7. The Morgan fingerprint density at radius 2 is 1.33 bits per heavy atom. The van der Waals surface area contributed by atoms with Crippen molar-refractivity contribution in [1.82, 2.24) is 4.98 Å². The molecule has 0 saturated heterocycles. The summed E-state index contributed by atoms with van der Waals surface area (Å²) in [6, 6.07) is 0. The molecule has 0 aliphatic rings. The molecule has 0 aromatic rings. The third kappa shape index (κ3) is 11.1. The molecule has 0 atom stereocenters. The molecule has 0 saturated carbocycles. The first-order chi connectivity index (χ1) is 11.2. The third-order valence-corrected chi connectivity index (χ3v) is 20.4. The predicted octanol–water partition coefficient (Wildman–Crippen LogP) is 6.31. The second-order valence-electron chi connectivity index (χ2n) is 8.50. The zero-order chi connectivity index (χ0) is 18.6. The Morgan fingerprint density at radius 3 is 1.62 bits per heavy atom. The van der Waals surface area contributed by atoms with Crippen LogP contribution in [-0.2, 0) is 4.79 Å². The van der Waals surface area contributed by atoms with E-state index in [1.807, 2.05) is 0 Å². The summed E-state index contributed by atoms with van der Waals surface area (Å²) in [5.74, 6) is 0.298. The zero-order valence-corrected chi connectivity index (χ0v) is 21.4. The molecule has 0 rings (SSSR count). The van der Waals surface area contributed by atoms with Gasteiger partial charge in [0.1, 0.15) is 0 Å². The van der Waals surface area contributed by atoms with Crippen molar-refractivity contribution in [3.05, 3.63) is 9.67 Å². The quantitative estimate of drug-likeness (QED) is 0.243. The summed E-state index contributed by atoms with van der Waals surface area (Å²) in [7, 11) is -1.34. The van der Waals surface area contributed by atoms with Crippen molar-refractivity contribution in [1.29, 1.82) is 0 Å². The molecule has 0 aliphatic heterocycles. The van der Waals surface area contributed by atoms with Crippen LogP contribution in [0.2, 0.25) is 33.0 Å². The molecule has 24 heavy (non-hydrogen) atoms. The van der Waals surface area contributed by atoms with E-state index in [2.05, 4.69) is 49.5 Å². The standard InChI is InChI=1S/C8H16NOSi.3C4H9.Sn/c1-7(8(2)10)6-9-11(3,4)5;3*1-3-4-2;/h1,9H,6H2,2-5H3;3*1,3-4H2,2H3;. The van der Waals surface area contributed by atoms with Gasteiger partial charge in [-0.2, -0.15) is 0 Å². The van der Waals surface area contributed by atoms with Crippen molar-refractivity contribution in [2.75, 3.05) is 6.54 Å². The van der Waals surface area contributed by atoms with E-state index in [-0.39, 0.29) is 0 Å². The van der Waals surface area contributed by atoms with Gasteiger partial charge >= 0.3 is 158 Å². The summed E-state index contributed by atoms with van der Waals surface area (Å²) < 4.78 is 6.92. The van der Waals surface area contributed by atoms with Crippen LogP contribution in [0.4, 0.5) is 0 Å². The number of rotatable bonds is 14. The average molecular weight is 460 g/mol. The van der Waals surface area contributed by atoms with E-state index in [4.69, 9.17) is 0 Å². The Labute approximate surface area is 157 Å². The molecule has 0 heterocycles. The minimum atomic E-state index is -2.37. The third-order valence-electron chi connectivity index (χ3n) is 4.83. The van der Waals surface area contributed by atoms with E-state index in [0.717, 1.165) is 12.1 Å². The van der Waals surface area contributed by atoms with Gasteiger partial charge in [0.25, 0.3) is 0 Å². The first-order valence-corrected chi connectivity index (χ1v) is 21.4. The summed E-state index contributed by atoms with van der Waals surface area (Å²) in [6.45, 7) is 16.4. The van der Waals surface area contributed by atoms with Crippen LogP contribution in [0, 0.1) is 0 Å². The van der Waals surface area contributed by atoms with E-state index in [9.17, 15) is 4.79 Å². The maximum absolute atomic E-state index is 12.3. The van der Waals surface area contributed by atoms with Gasteiger partial charge in [0.2, 0.25) is 0 Å². The van der Waals surface area contributed by atoms with Crippen LogP contribution >= 0.6 is 0 Å². The fourth-order valence-electron chi connectivity index (χ4n) is 3.19. The molecule has 0 amide bonds. The average Bonchev–Trinajstić information content (AvgIpc) is 2.51. The van der Waals surface area contributed by atoms with Gasteiger partial charge in [0, 0.05) is 0 Å². The van der Waals surface area contributed by atoms with E-state index < -0.39 is 26.6 Å². The molecule has 0 aliphatic carbocycles. The molecule has 0 aromatic carbocycles. The number of Topliss-reactive ketones (excluding diaryl/α,β-unsaturated/α-hetero) is 1. The van der Waals surface area contributed by atoms with E-state index in [1.165, 1.54) is 51.8 Å². The van der Waals surface area contributed by atoms with Crippen LogP contribution in [0.5, 0.6) is 0 Å². The molecule has 2 nitrogen and oxygen atoms in total. The number of carbonyl (C=O) groups is 1. The summed E-state index contributed by atoms with van der Waals surface area (Å²) >= 11 is -2.37. The fourth-order valence-corrected chi connectivity index (χ4v) is 19.3. The van der Waals surface area contributed by atoms with Crippen LogP contribution in [-0.4, -0.2) is 38.9 Å². The number of ketones is 1. The number of carbonyl (C=O) groups excluding carboxylic acids is 1. The van der Waals surface area contributed by atoms with E-state index in [0.29, 0.717) is 5.78 Å². The van der Waals surface area contributed by atoms with Crippen LogP contribution in [0.1, 0.15) is 66.2 Å². The van der Waals surface area contributed by atoms with Crippen LogP contribution < -0.4 is 4.98 Å². The summed E-state index contributed by atoms with van der Waals surface area (Å²) in [4.78, 5) is 16.0. The van der Waals surface area contributed by atoms with Gasteiger partial charge in [0.15, 0.2) is 0 Å². The van der Waals surface area contributed by atoms with Gasteiger partial charge in [-0.25, -0.2) is 0 Å². The molecule has 0 spiro atoms. The van der Waals surface area contributed by atoms with Gasteiger partial charge in [-0.15, -0.1) is 0 Å². The van der Waals surface area contributed by atoms with E-state index >= 15 is 0 Å². The summed E-state index contributed by atoms with van der Waals surface area (Å²) in [5.41, 5.74) is 1.11. The zero-order valence-electron chi connectivity index (χ0n) is 17.6. The molecule has 4 heteroatoms. The molecule has 1 N–H and O–H groups in total. The van der Waals surface area contributed by atoms with Gasteiger partial charge in [-0.3, -0.25) is 0 Å². The van der Waals surface area contributed by atoms with E-state index in [1.54, 1.807) is 6.92 Å². The monoisotopic (exact) mass is 461 g/mol. The van der Waals surface area contributed by atoms with Crippen molar-refractivity contribution in [2.24, 2.45) is 0 Å². The fraction of sp³-hybridized carbons (Fsp3) is 0.850. The molecule has 0 fully saturated rings. The van der Waals surface area contributed by atoms with Crippen LogP contribution in [0.3, 0.4) is 0 Å². The van der Waals surface area contributed by atoms with Crippen molar-refractivity contribution >= 4 is 32.4 Å². The van der Waals surface area contributed by atoms with Gasteiger partial charge < -0.3 is 0 Å². The molecular weight excluding hydrogens is 417 g/mol. The Bertz CT molecular complexity index is 366. The topological polar surface area (TPSA) is 29.1 Å². The van der Waals surface area contributed by atoms with Gasteiger partial charge in [0.05, 0.1) is 0 Å². The van der Waals surface area contributed by atoms with Crippen molar-refractivity contribution in [3.8, 4) is 0 Å². The first kappa shape index (κ1) is 24.4. The molecule has 0 aromatic heterocycles. The SMILES string of the molecule is CCC[CH2][Sn](/[CH]=C(/CN[Si](C)(C)C)C(C)=O)([CH2]CCC)[CH2]CCC. The summed E-state index contributed by atoms with van der Waals surface area (Å²) in [5, 5.41) is 0. The second-order valence-corrected chi connectivity index (χ2v) is 26.2. The Morgan fingerprint density at radius 1 is 0.917 bits per heavy atom. The molecular formula is C20H43NOSiSn. The molecule has 142 valence electrons. The Kier molecular flexibility index (Phi) is 12.9. The molecule has 0 radical (unpaired) electrons. The van der Waals surface area contributed by atoms with Crippen LogP contribution in [0.15, 0.2) is 9.67 Å². The molecule has 0 bridgehead atoms. The Hall–Kier alpha value is 0.386. The minimum absolute atomic E-state index is 0.298. The van der Waals surface area contributed by atoms with Gasteiger partial charge in [-0.05, 0) is 0 Å². The number of unbranched alkanes of at least 4 members (excludes halogenated alkanes) is 3. The number of hydrogen-bond acceptors (Lipinski definition) is 2. The summed E-state index contributed by atoms with van der Waals surface area (Å²) in [6.07, 6.45) is 7.92. The van der Waals surface area contributed by atoms with Crippen molar-refractivity contribution in [2.45, 2.75) is 99.2 Å². The Balaban J connectivity index is 5.50. The molecule has 0 unspecified atom stereocenters. The predicted molar refractivity (Wildman–Crippen MR) is 115 cm³/mol.